The summed E-state index contributed by atoms with van der Waals surface area (Å²) in [5.41, 5.74) is 1.29. The number of carbonyl (C=O) groups excluding carboxylic acids is 1. The first-order chi connectivity index (χ1) is 11.5. The molecule has 1 spiro atoms. The Labute approximate surface area is 141 Å². The first kappa shape index (κ1) is 16.9. The van der Waals surface area contributed by atoms with E-state index in [1.54, 1.807) is 24.0 Å². The van der Waals surface area contributed by atoms with Gasteiger partial charge in [0.05, 0.1) is 18.8 Å². The Balaban J connectivity index is 1.84. The maximum absolute atomic E-state index is 13.0. The minimum Gasteiger partial charge on any atom is -0.478 e. The second kappa shape index (κ2) is 6.91. The molecule has 1 aromatic rings. The number of hydrogen-bond donors (Lipinski definition) is 1. The van der Waals surface area contributed by atoms with Crippen LogP contribution >= 0.6 is 0 Å². The lowest BCUT2D eigenvalue weighted by molar-refractivity contribution is -0.0304. The first-order valence-corrected chi connectivity index (χ1v) is 8.29. The van der Waals surface area contributed by atoms with Gasteiger partial charge in [-0.3, -0.25) is 4.79 Å². The van der Waals surface area contributed by atoms with Crippen molar-refractivity contribution < 1.29 is 24.2 Å². The molecular formula is C18H23NO5. The fraction of sp³-hybridized carbons (Fsp3) is 0.556. The van der Waals surface area contributed by atoms with Crippen molar-refractivity contribution in [3.05, 3.63) is 34.9 Å². The Kier molecular flexibility index (Phi) is 4.87. The number of rotatable bonds is 2. The van der Waals surface area contributed by atoms with Crippen LogP contribution in [0.25, 0.3) is 0 Å². The molecule has 3 rings (SSSR count). The standard InChI is InChI=1S/C18H23NO5/c1-13-8-14(10-15(9-13)17(21)22)16(20)19-4-7-24-12-18(11-19)2-5-23-6-3-18/h8-10H,2-7,11-12H2,1H3,(H,21,22). The number of amides is 1. The summed E-state index contributed by atoms with van der Waals surface area (Å²) in [5.74, 6) is -1.15. The van der Waals surface area contributed by atoms with E-state index in [-0.39, 0.29) is 16.9 Å². The first-order valence-electron chi connectivity index (χ1n) is 8.29. The SMILES string of the molecule is Cc1cc(C(=O)O)cc(C(=O)N2CCOCC3(CCOCC3)C2)c1. The summed E-state index contributed by atoms with van der Waals surface area (Å²) in [6, 6.07) is 4.78. The highest BCUT2D eigenvalue weighted by atomic mass is 16.5. The van der Waals surface area contributed by atoms with Crippen LogP contribution in [-0.2, 0) is 9.47 Å². The molecule has 0 bridgehead atoms. The normalized spacial score (nSPS) is 20.6. The molecule has 1 N–H and O–H groups in total. The topological polar surface area (TPSA) is 76.1 Å². The molecule has 130 valence electrons. The van der Waals surface area contributed by atoms with Crippen LogP contribution in [0.3, 0.4) is 0 Å². The molecule has 24 heavy (non-hydrogen) atoms. The van der Waals surface area contributed by atoms with Gasteiger partial charge >= 0.3 is 5.97 Å². The third-order valence-electron chi connectivity index (χ3n) is 4.85. The van der Waals surface area contributed by atoms with Gasteiger partial charge < -0.3 is 19.5 Å². The van der Waals surface area contributed by atoms with Gasteiger partial charge in [0.2, 0.25) is 0 Å². The molecule has 0 aliphatic carbocycles. The van der Waals surface area contributed by atoms with Crippen LogP contribution < -0.4 is 0 Å². The van der Waals surface area contributed by atoms with E-state index < -0.39 is 5.97 Å². The maximum atomic E-state index is 13.0. The average Bonchev–Trinajstić information content (AvgIpc) is 2.77. The van der Waals surface area contributed by atoms with Gasteiger partial charge in [-0.1, -0.05) is 0 Å². The molecule has 2 aliphatic rings. The summed E-state index contributed by atoms with van der Waals surface area (Å²) in [6.45, 7) is 5.50. The Morgan fingerprint density at radius 1 is 1.08 bits per heavy atom. The van der Waals surface area contributed by atoms with E-state index in [0.29, 0.717) is 45.1 Å². The van der Waals surface area contributed by atoms with Crippen molar-refractivity contribution in [2.75, 3.05) is 39.5 Å². The van der Waals surface area contributed by atoms with Gasteiger partial charge in [0, 0.05) is 37.3 Å². The molecule has 2 fully saturated rings. The van der Waals surface area contributed by atoms with Crippen LogP contribution in [0.4, 0.5) is 0 Å². The minimum absolute atomic E-state index is 0.0517. The zero-order chi connectivity index (χ0) is 17.2. The second-order valence-electron chi connectivity index (χ2n) is 6.78. The summed E-state index contributed by atoms with van der Waals surface area (Å²) in [7, 11) is 0. The number of hydrogen-bond acceptors (Lipinski definition) is 4. The number of aromatic carboxylic acids is 1. The molecule has 1 amide bonds. The van der Waals surface area contributed by atoms with Gasteiger partial charge in [0.15, 0.2) is 0 Å². The van der Waals surface area contributed by atoms with Gasteiger partial charge in [-0.05, 0) is 43.5 Å². The lowest BCUT2D eigenvalue weighted by atomic mass is 9.80. The van der Waals surface area contributed by atoms with Crippen LogP contribution in [0.1, 0.15) is 39.1 Å². The Hall–Kier alpha value is -1.92. The number of aryl methyl sites for hydroxylation is 1. The predicted molar refractivity (Wildman–Crippen MR) is 87.3 cm³/mol. The fourth-order valence-electron chi connectivity index (χ4n) is 3.49. The fourth-order valence-corrected chi connectivity index (χ4v) is 3.49. The Morgan fingerprint density at radius 3 is 2.50 bits per heavy atom. The van der Waals surface area contributed by atoms with Crippen LogP contribution in [0, 0.1) is 12.3 Å². The maximum Gasteiger partial charge on any atom is 0.335 e. The smallest absolute Gasteiger partial charge is 0.335 e. The largest absolute Gasteiger partial charge is 0.478 e. The quantitative estimate of drug-likeness (QED) is 0.895. The summed E-state index contributed by atoms with van der Waals surface area (Å²) >= 11 is 0. The molecule has 0 aromatic heterocycles. The monoisotopic (exact) mass is 333 g/mol. The number of nitrogens with zero attached hydrogens (tertiary/aromatic N) is 1. The molecule has 1 aromatic carbocycles. The number of benzene rings is 1. The van der Waals surface area contributed by atoms with Crippen molar-refractivity contribution in [1.29, 1.82) is 0 Å². The highest BCUT2D eigenvalue weighted by Gasteiger charge is 2.38. The summed E-state index contributed by atoms with van der Waals surface area (Å²) in [4.78, 5) is 26.0. The van der Waals surface area contributed by atoms with E-state index in [0.717, 1.165) is 18.4 Å². The Morgan fingerprint density at radius 2 is 1.79 bits per heavy atom. The van der Waals surface area contributed by atoms with Gasteiger partial charge in [-0.25, -0.2) is 4.79 Å². The second-order valence-corrected chi connectivity index (χ2v) is 6.78. The number of ether oxygens (including phenoxy) is 2. The van der Waals surface area contributed by atoms with E-state index in [2.05, 4.69) is 0 Å². The minimum atomic E-state index is -1.02. The summed E-state index contributed by atoms with van der Waals surface area (Å²) < 4.78 is 11.2. The highest BCUT2D eigenvalue weighted by molar-refractivity contribution is 5.97. The van der Waals surface area contributed by atoms with Crippen LogP contribution in [0.2, 0.25) is 0 Å². The van der Waals surface area contributed by atoms with Crippen molar-refractivity contribution in [3.8, 4) is 0 Å². The van der Waals surface area contributed by atoms with E-state index >= 15 is 0 Å². The van der Waals surface area contributed by atoms with E-state index in [9.17, 15) is 14.7 Å². The van der Waals surface area contributed by atoms with E-state index in [1.165, 1.54) is 6.07 Å². The lowest BCUT2D eigenvalue weighted by Gasteiger charge is -2.38. The van der Waals surface area contributed by atoms with Crippen LogP contribution in [0.5, 0.6) is 0 Å². The predicted octanol–water partition coefficient (Wildman–Crippen LogP) is 1.96. The molecular weight excluding hydrogens is 310 g/mol. The van der Waals surface area contributed by atoms with E-state index in [4.69, 9.17) is 9.47 Å². The molecule has 2 aliphatic heterocycles. The molecule has 2 heterocycles. The molecule has 0 unspecified atom stereocenters. The number of carboxylic acids is 1. The Bertz CT molecular complexity index is 636. The van der Waals surface area contributed by atoms with Crippen LogP contribution in [0.15, 0.2) is 18.2 Å². The van der Waals surface area contributed by atoms with Crippen molar-refractivity contribution in [2.45, 2.75) is 19.8 Å². The summed E-state index contributed by atoms with van der Waals surface area (Å²) in [5, 5.41) is 9.21. The third kappa shape index (κ3) is 3.60. The summed E-state index contributed by atoms with van der Waals surface area (Å²) in [6.07, 6.45) is 1.76. The highest BCUT2D eigenvalue weighted by Crippen LogP contribution is 2.33. The molecule has 0 saturated carbocycles. The van der Waals surface area contributed by atoms with Crippen LogP contribution in [-0.4, -0.2) is 61.4 Å². The van der Waals surface area contributed by atoms with Gasteiger partial charge in [0.25, 0.3) is 5.91 Å². The van der Waals surface area contributed by atoms with Crippen molar-refractivity contribution in [2.24, 2.45) is 5.41 Å². The van der Waals surface area contributed by atoms with Crippen molar-refractivity contribution >= 4 is 11.9 Å². The number of carboxylic acid groups (broad SMARTS) is 1. The zero-order valence-electron chi connectivity index (χ0n) is 13.9. The van der Waals surface area contributed by atoms with E-state index in [1.807, 2.05) is 0 Å². The molecule has 0 radical (unpaired) electrons. The van der Waals surface area contributed by atoms with Crippen molar-refractivity contribution in [1.82, 2.24) is 4.90 Å². The zero-order valence-corrected chi connectivity index (χ0v) is 13.9. The number of carbonyl (C=O) groups is 2. The lowest BCUT2D eigenvalue weighted by Crippen LogP contribution is -2.44. The van der Waals surface area contributed by atoms with Gasteiger partial charge in [0.1, 0.15) is 0 Å². The third-order valence-corrected chi connectivity index (χ3v) is 4.85. The van der Waals surface area contributed by atoms with Crippen molar-refractivity contribution in [3.63, 3.8) is 0 Å². The molecule has 6 nitrogen and oxygen atoms in total. The van der Waals surface area contributed by atoms with Gasteiger partial charge in [-0.15, -0.1) is 0 Å². The molecule has 6 heteroatoms. The molecule has 0 atom stereocenters. The average molecular weight is 333 g/mol. The van der Waals surface area contributed by atoms with Gasteiger partial charge in [-0.2, -0.15) is 0 Å². The molecule has 2 saturated heterocycles.